The number of benzene rings is 1. The molecule has 1 aliphatic rings. The minimum absolute atomic E-state index is 0.336. The average molecular weight is 293 g/mol. The minimum Gasteiger partial charge on any atom is -0.480 e. The number of ether oxygens (including phenoxy) is 1. The van der Waals surface area contributed by atoms with E-state index in [9.17, 15) is 9.59 Å². The Bertz CT molecular complexity index is 497. The van der Waals surface area contributed by atoms with Gasteiger partial charge in [-0.3, -0.25) is 4.79 Å². The number of carbonyl (C=O) groups is 2. The van der Waals surface area contributed by atoms with Crippen LogP contribution in [0.25, 0.3) is 0 Å². The van der Waals surface area contributed by atoms with Gasteiger partial charge in [-0.1, -0.05) is 0 Å². The van der Waals surface area contributed by atoms with Crippen molar-refractivity contribution in [1.82, 2.24) is 4.90 Å². The number of rotatable bonds is 4. The summed E-state index contributed by atoms with van der Waals surface area (Å²) in [6.45, 7) is 2.81. The SMILES string of the molecule is CN(CC(=O)O)C(=O)Nc1ccc(N2CCOCC2)cc1. The Morgan fingerprint density at radius 3 is 2.48 bits per heavy atom. The van der Waals surface area contributed by atoms with Crippen LogP contribution in [0.4, 0.5) is 16.2 Å². The molecule has 2 amide bonds. The zero-order valence-electron chi connectivity index (χ0n) is 11.9. The van der Waals surface area contributed by atoms with Crippen molar-refractivity contribution in [2.45, 2.75) is 0 Å². The second-order valence-corrected chi connectivity index (χ2v) is 4.83. The van der Waals surface area contributed by atoms with Crippen molar-refractivity contribution in [3.63, 3.8) is 0 Å². The van der Waals surface area contributed by atoms with Gasteiger partial charge in [0, 0.05) is 31.5 Å². The first kappa shape index (κ1) is 15.1. The van der Waals surface area contributed by atoms with Gasteiger partial charge in [0.1, 0.15) is 6.54 Å². The second kappa shape index (κ2) is 6.94. The van der Waals surface area contributed by atoms with E-state index in [4.69, 9.17) is 9.84 Å². The zero-order chi connectivity index (χ0) is 15.2. The predicted octanol–water partition coefficient (Wildman–Crippen LogP) is 1.07. The van der Waals surface area contributed by atoms with Crippen molar-refractivity contribution < 1.29 is 19.4 Å². The Morgan fingerprint density at radius 1 is 1.29 bits per heavy atom. The molecular formula is C14H19N3O4. The lowest BCUT2D eigenvalue weighted by molar-refractivity contribution is -0.137. The summed E-state index contributed by atoms with van der Waals surface area (Å²) in [5, 5.41) is 11.3. The zero-order valence-corrected chi connectivity index (χ0v) is 11.9. The van der Waals surface area contributed by atoms with Gasteiger partial charge in [-0.15, -0.1) is 0 Å². The highest BCUT2D eigenvalue weighted by Crippen LogP contribution is 2.19. The molecule has 7 heteroatoms. The van der Waals surface area contributed by atoms with Crippen LogP contribution < -0.4 is 10.2 Å². The molecular weight excluding hydrogens is 274 g/mol. The Labute approximate surface area is 123 Å². The Hall–Kier alpha value is -2.28. The predicted molar refractivity (Wildman–Crippen MR) is 78.8 cm³/mol. The van der Waals surface area contributed by atoms with Crippen LogP contribution >= 0.6 is 0 Å². The van der Waals surface area contributed by atoms with Crippen molar-refractivity contribution >= 4 is 23.4 Å². The summed E-state index contributed by atoms with van der Waals surface area (Å²) in [7, 11) is 1.44. The van der Waals surface area contributed by atoms with E-state index >= 15 is 0 Å². The van der Waals surface area contributed by atoms with Crippen LogP contribution in [0.5, 0.6) is 0 Å². The minimum atomic E-state index is -1.05. The molecule has 1 aromatic carbocycles. The number of amides is 2. The van der Waals surface area contributed by atoms with Crippen molar-refractivity contribution in [3.8, 4) is 0 Å². The summed E-state index contributed by atoms with van der Waals surface area (Å²) in [4.78, 5) is 25.6. The molecule has 1 heterocycles. The molecule has 1 fully saturated rings. The number of hydrogen-bond donors (Lipinski definition) is 2. The van der Waals surface area contributed by atoms with Crippen LogP contribution in [-0.4, -0.2) is 61.9 Å². The second-order valence-electron chi connectivity index (χ2n) is 4.83. The van der Waals surface area contributed by atoms with Crippen molar-refractivity contribution in [2.75, 3.05) is 50.1 Å². The highest BCUT2D eigenvalue weighted by atomic mass is 16.5. The Kier molecular flexibility index (Phi) is 4.99. The van der Waals surface area contributed by atoms with Gasteiger partial charge in [0.15, 0.2) is 0 Å². The summed E-state index contributed by atoms with van der Waals surface area (Å²) in [6.07, 6.45) is 0. The largest absolute Gasteiger partial charge is 0.480 e. The van der Waals surface area contributed by atoms with E-state index in [1.54, 1.807) is 12.1 Å². The first-order valence-electron chi connectivity index (χ1n) is 6.73. The molecule has 0 saturated carbocycles. The van der Waals surface area contributed by atoms with E-state index in [0.29, 0.717) is 5.69 Å². The fourth-order valence-corrected chi connectivity index (χ4v) is 2.07. The van der Waals surface area contributed by atoms with Gasteiger partial charge in [0.05, 0.1) is 13.2 Å². The summed E-state index contributed by atoms with van der Waals surface area (Å²) in [5.74, 6) is -1.05. The third-order valence-electron chi connectivity index (χ3n) is 3.21. The lowest BCUT2D eigenvalue weighted by atomic mass is 10.2. The van der Waals surface area contributed by atoms with Gasteiger partial charge in [-0.2, -0.15) is 0 Å². The maximum absolute atomic E-state index is 11.8. The normalized spacial score (nSPS) is 14.6. The lowest BCUT2D eigenvalue weighted by Crippen LogP contribution is -2.36. The topological polar surface area (TPSA) is 82.1 Å². The smallest absolute Gasteiger partial charge is 0.323 e. The van der Waals surface area contributed by atoms with Gasteiger partial charge >= 0.3 is 12.0 Å². The molecule has 0 atom stereocenters. The van der Waals surface area contributed by atoms with Crippen LogP contribution in [0.2, 0.25) is 0 Å². The van der Waals surface area contributed by atoms with Crippen LogP contribution in [0.3, 0.4) is 0 Å². The molecule has 1 aliphatic heterocycles. The molecule has 21 heavy (non-hydrogen) atoms. The first-order chi connectivity index (χ1) is 10.1. The van der Waals surface area contributed by atoms with Crippen molar-refractivity contribution in [3.05, 3.63) is 24.3 Å². The lowest BCUT2D eigenvalue weighted by Gasteiger charge is -2.29. The molecule has 0 aliphatic carbocycles. The number of carboxylic acids is 1. The molecule has 2 rings (SSSR count). The maximum atomic E-state index is 11.8. The molecule has 0 radical (unpaired) electrons. The van der Waals surface area contributed by atoms with Crippen molar-refractivity contribution in [2.24, 2.45) is 0 Å². The molecule has 0 bridgehead atoms. The third-order valence-corrected chi connectivity index (χ3v) is 3.21. The summed E-state index contributed by atoms with van der Waals surface area (Å²) in [5.41, 5.74) is 1.71. The number of aliphatic carboxylic acids is 1. The van der Waals surface area contributed by atoms with E-state index in [1.165, 1.54) is 7.05 Å². The highest BCUT2D eigenvalue weighted by molar-refractivity contribution is 5.91. The van der Waals surface area contributed by atoms with Gasteiger partial charge in [-0.05, 0) is 24.3 Å². The van der Waals surface area contributed by atoms with Crippen LogP contribution in [0.1, 0.15) is 0 Å². The number of nitrogens with one attached hydrogen (secondary N) is 1. The molecule has 0 aromatic heterocycles. The summed E-state index contributed by atoms with van der Waals surface area (Å²) < 4.78 is 5.30. The molecule has 7 nitrogen and oxygen atoms in total. The van der Waals surface area contributed by atoms with Gasteiger partial charge < -0.3 is 25.0 Å². The average Bonchev–Trinajstić information content (AvgIpc) is 2.48. The van der Waals surface area contributed by atoms with Crippen LogP contribution in [0.15, 0.2) is 24.3 Å². The number of likely N-dealkylation sites (N-methyl/N-ethyl adjacent to an activating group) is 1. The van der Waals surface area contributed by atoms with Gasteiger partial charge in [0.2, 0.25) is 0 Å². The number of nitrogens with zero attached hydrogens (tertiary/aromatic N) is 2. The summed E-state index contributed by atoms with van der Waals surface area (Å²) >= 11 is 0. The van der Waals surface area contributed by atoms with E-state index in [1.807, 2.05) is 12.1 Å². The fourth-order valence-electron chi connectivity index (χ4n) is 2.07. The Morgan fingerprint density at radius 2 is 1.90 bits per heavy atom. The van der Waals surface area contributed by atoms with E-state index in [-0.39, 0.29) is 6.54 Å². The summed E-state index contributed by atoms with van der Waals surface area (Å²) in [6, 6.07) is 7.02. The van der Waals surface area contributed by atoms with Crippen LogP contribution in [0, 0.1) is 0 Å². The number of carbonyl (C=O) groups excluding carboxylic acids is 1. The molecule has 0 spiro atoms. The number of hydrogen-bond acceptors (Lipinski definition) is 4. The molecule has 114 valence electrons. The standard InChI is InChI=1S/C14H19N3O4/c1-16(10-13(18)19)14(20)15-11-2-4-12(5-3-11)17-6-8-21-9-7-17/h2-5H,6-10H2,1H3,(H,15,20)(H,18,19). The Balaban J connectivity index is 1.92. The fraction of sp³-hybridized carbons (Fsp3) is 0.429. The molecule has 1 aromatic rings. The number of urea groups is 1. The molecule has 0 unspecified atom stereocenters. The van der Waals surface area contributed by atoms with Crippen LogP contribution in [-0.2, 0) is 9.53 Å². The molecule has 2 N–H and O–H groups in total. The third kappa shape index (κ3) is 4.35. The van der Waals surface area contributed by atoms with E-state index < -0.39 is 12.0 Å². The van der Waals surface area contributed by atoms with E-state index in [0.717, 1.165) is 36.9 Å². The van der Waals surface area contributed by atoms with Gasteiger partial charge in [0.25, 0.3) is 0 Å². The van der Waals surface area contributed by atoms with Crippen molar-refractivity contribution in [1.29, 1.82) is 0 Å². The quantitative estimate of drug-likeness (QED) is 0.868. The monoisotopic (exact) mass is 293 g/mol. The highest BCUT2D eigenvalue weighted by Gasteiger charge is 2.13. The van der Waals surface area contributed by atoms with Gasteiger partial charge in [-0.25, -0.2) is 4.79 Å². The van der Waals surface area contributed by atoms with E-state index in [2.05, 4.69) is 10.2 Å². The number of morpholine rings is 1. The number of carboxylic acid groups (broad SMARTS) is 1. The maximum Gasteiger partial charge on any atom is 0.323 e. The molecule has 1 saturated heterocycles. The first-order valence-corrected chi connectivity index (χ1v) is 6.73. The number of anilines is 2.